The Labute approximate surface area is 204 Å². The number of anilines is 1. The highest BCUT2D eigenvalue weighted by atomic mass is 19.1. The van der Waals surface area contributed by atoms with Gasteiger partial charge in [-0.15, -0.1) is 5.10 Å². The summed E-state index contributed by atoms with van der Waals surface area (Å²) >= 11 is 0. The zero-order valence-corrected chi connectivity index (χ0v) is 20.7. The lowest BCUT2D eigenvalue weighted by atomic mass is 9.98. The summed E-state index contributed by atoms with van der Waals surface area (Å²) < 4.78 is 26.8. The lowest BCUT2D eigenvalue weighted by Gasteiger charge is -2.42. The summed E-state index contributed by atoms with van der Waals surface area (Å²) in [5, 5.41) is 5.46. The highest BCUT2D eigenvalue weighted by Gasteiger charge is 2.30. The number of methoxy groups -OCH3 is 1. The van der Waals surface area contributed by atoms with Crippen LogP contribution in [-0.4, -0.2) is 71.2 Å². The van der Waals surface area contributed by atoms with Gasteiger partial charge in [-0.3, -0.25) is 4.79 Å². The highest BCUT2D eigenvalue weighted by molar-refractivity contribution is 5.95. The van der Waals surface area contributed by atoms with Gasteiger partial charge in [0.05, 0.1) is 23.6 Å². The molecule has 2 fully saturated rings. The number of benzene rings is 1. The van der Waals surface area contributed by atoms with Crippen molar-refractivity contribution in [3.05, 3.63) is 46.5 Å². The van der Waals surface area contributed by atoms with Crippen molar-refractivity contribution in [1.82, 2.24) is 19.7 Å². The molecule has 0 bridgehead atoms. The van der Waals surface area contributed by atoms with E-state index in [9.17, 15) is 9.18 Å². The Bertz CT molecular complexity index is 1210. The maximum atomic E-state index is 13.5. The zero-order chi connectivity index (χ0) is 24.5. The number of piperidine rings is 2. The van der Waals surface area contributed by atoms with Gasteiger partial charge in [0.15, 0.2) is 0 Å². The molecule has 0 aliphatic carbocycles. The van der Waals surface area contributed by atoms with Crippen molar-refractivity contribution in [2.75, 3.05) is 38.2 Å². The molecule has 1 aromatic carbocycles. The summed E-state index contributed by atoms with van der Waals surface area (Å²) in [7, 11) is 1.80. The number of nitrogens with one attached hydrogen (secondary N) is 1. The molecule has 2 aromatic heterocycles. The fourth-order valence-corrected chi connectivity index (χ4v) is 5.37. The summed E-state index contributed by atoms with van der Waals surface area (Å²) in [5.41, 5.74) is 1.85. The van der Waals surface area contributed by atoms with Crippen molar-refractivity contribution in [1.29, 1.82) is 0 Å². The molecule has 9 heteroatoms. The average molecular weight is 484 g/mol. The number of pyridine rings is 1. The number of likely N-dealkylation sites (tertiary alicyclic amines) is 1. The van der Waals surface area contributed by atoms with Crippen LogP contribution < -0.4 is 15.2 Å². The minimum atomic E-state index is -0.327. The van der Waals surface area contributed by atoms with Crippen molar-refractivity contribution in [2.24, 2.45) is 0 Å². The number of halogens is 1. The molecule has 0 atom stereocenters. The van der Waals surface area contributed by atoms with Gasteiger partial charge in [-0.1, -0.05) is 0 Å². The molecule has 2 aliphatic heterocycles. The SMILES string of the molecule is COC1CCN(C2CCN(c3cc(=O)[nH]c4c3c(OC(C)C)nn4-c3ccc(F)cc3)CC2)CC1. The number of rotatable bonds is 6. The Balaban J connectivity index is 1.45. The molecular formula is C26H34FN5O3. The normalized spacial score (nSPS) is 18.6. The van der Waals surface area contributed by atoms with Gasteiger partial charge in [0.2, 0.25) is 5.88 Å². The Kier molecular flexibility index (Phi) is 6.80. The Morgan fingerprint density at radius 1 is 1.06 bits per heavy atom. The predicted molar refractivity (Wildman–Crippen MR) is 134 cm³/mol. The average Bonchev–Trinajstić information content (AvgIpc) is 3.21. The molecule has 4 heterocycles. The van der Waals surface area contributed by atoms with Crippen LogP contribution in [0.5, 0.6) is 5.88 Å². The van der Waals surface area contributed by atoms with E-state index >= 15 is 0 Å². The maximum Gasteiger partial charge on any atom is 0.251 e. The van der Waals surface area contributed by atoms with Gasteiger partial charge in [0.1, 0.15) is 16.9 Å². The van der Waals surface area contributed by atoms with Crippen molar-refractivity contribution < 1.29 is 13.9 Å². The van der Waals surface area contributed by atoms with E-state index in [0.29, 0.717) is 29.4 Å². The first-order chi connectivity index (χ1) is 16.9. The number of aromatic nitrogens is 3. The monoisotopic (exact) mass is 483 g/mol. The van der Waals surface area contributed by atoms with Crippen LogP contribution in [0.4, 0.5) is 10.1 Å². The fourth-order valence-electron chi connectivity index (χ4n) is 5.37. The van der Waals surface area contributed by atoms with Crippen molar-refractivity contribution >= 4 is 16.7 Å². The molecule has 0 saturated carbocycles. The van der Waals surface area contributed by atoms with E-state index in [1.807, 2.05) is 13.8 Å². The molecule has 188 valence electrons. The van der Waals surface area contributed by atoms with Gasteiger partial charge in [0, 0.05) is 45.4 Å². The first-order valence-corrected chi connectivity index (χ1v) is 12.5. The minimum absolute atomic E-state index is 0.0877. The van der Waals surface area contributed by atoms with Gasteiger partial charge in [-0.25, -0.2) is 9.07 Å². The van der Waals surface area contributed by atoms with Crippen LogP contribution in [0.3, 0.4) is 0 Å². The number of fused-ring (bicyclic) bond motifs is 1. The number of aromatic amines is 1. The first kappa shape index (κ1) is 23.8. The van der Waals surface area contributed by atoms with Gasteiger partial charge < -0.3 is 24.3 Å². The molecule has 0 unspecified atom stereocenters. The van der Waals surface area contributed by atoms with E-state index in [2.05, 4.69) is 19.9 Å². The summed E-state index contributed by atoms with van der Waals surface area (Å²) in [6.07, 6.45) is 4.55. The van der Waals surface area contributed by atoms with Crippen LogP contribution >= 0.6 is 0 Å². The van der Waals surface area contributed by atoms with E-state index in [1.54, 1.807) is 30.0 Å². The summed E-state index contributed by atoms with van der Waals surface area (Å²) in [6, 6.07) is 8.25. The van der Waals surface area contributed by atoms with Crippen LogP contribution in [0.2, 0.25) is 0 Å². The summed E-state index contributed by atoms with van der Waals surface area (Å²) in [4.78, 5) is 20.6. The van der Waals surface area contributed by atoms with Crippen LogP contribution in [0.15, 0.2) is 35.1 Å². The van der Waals surface area contributed by atoms with Crippen LogP contribution in [-0.2, 0) is 4.74 Å². The van der Waals surface area contributed by atoms with Crippen molar-refractivity contribution in [3.8, 4) is 11.6 Å². The number of hydrogen-bond donors (Lipinski definition) is 1. The Hall–Kier alpha value is -2.91. The molecular weight excluding hydrogens is 449 g/mol. The molecule has 0 spiro atoms. The summed E-state index contributed by atoms with van der Waals surface area (Å²) in [6.45, 7) is 7.77. The quantitative estimate of drug-likeness (QED) is 0.576. The van der Waals surface area contributed by atoms with Gasteiger partial charge in [-0.05, 0) is 63.8 Å². The predicted octanol–water partition coefficient (Wildman–Crippen LogP) is 3.72. The molecule has 1 N–H and O–H groups in total. The molecule has 2 aliphatic rings. The lowest BCUT2D eigenvalue weighted by molar-refractivity contribution is 0.0233. The van der Waals surface area contributed by atoms with Crippen LogP contribution in [0, 0.1) is 5.82 Å². The topological polar surface area (TPSA) is 75.6 Å². The number of nitrogens with zero attached hydrogens (tertiary/aromatic N) is 4. The summed E-state index contributed by atoms with van der Waals surface area (Å²) in [5.74, 6) is 0.140. The Morgan fingerprint density at radius 3 is 2.37 bits per heavy atom. The molecule has 5 rings (SSSR count). The van der Waals surface area contributed by atoms with Gasteiger partial charge in [-0.2, -0.15) is 0 Å². The third-order valence-corrected chi connectivity index (χ3v) is 7.17. The molecule has 0 radical (unpaired) electrons. The third kappa shape index (κ3) is 4.92. The van der Waals surface area contributed by atoms with Crippen LogP contribution in [0.25, 0.3) is 16.7 Å². The van der Waals surface area contributed by atoms with E-state index in [0.717, 1.165) is 62.9 Å². The fraction of sp³-hybridized carbons (Fsp3) is 0.538. The van der Waals surface area contributed by atoms with Crippen molar-refractivity contribution in [3.63, 3.8) is 0 Å². The second-order valence-electron chi connectivity index (χ2n) is 9.79. The molecule has 8 nitrogen and oxygen atoms in total. The van der Waals surface area contributed by atoms with E-state index in [-0.39, 0.29) is 17.5 Å². The molecule has 2 saturated heterocycles. The molecule has 35 heavy (non-hydrogen) atoms. The zero-order valence-electron chi connectivity index (χ0n) is 20.7. The number of ether oxygens (including phenoxy) is 2. The van der Waals surface area contributed by atoms with E-state index in [1.165, 1.54) is 12.1 Å². The smallest absolute Gasteiger partial charge is 0.251 e. The molecule has 0 amide bonds. The molecule has 3 aromatic rings. The van der Waals surface area contributed by atoms with Crippen molar-refractivity contribution in [2.45, 2.75) is 57.8 Å². The van der Waals surface area contributed by atoms with Gasteiger partial charge >= 0.3 is 0 Å². The minimum Gasteiger partial charge on any atom is -0.473 e. The van der Waals surface area contributed by atoms with E-state index < -0.39 is 0 Å². The lowest BCUT2D eigenvalue weighted by Crippen LogP contribution is -2.48. The second-order valence-corrected chi connectivity index (χ2v) is 9.79. The van der Waals surface area contributed by atoms with E-state index in [4.69, 9.17) is 9.47 Å². The maximum absolute atomic E-state index is 13.5. The number of hydrogen-bond acceptors (Lipinski definition) is 6. The van der Waals surface area contributed by atoms with Crippen LogP contribution in [0.1, 0.15) is 39.5 Å². The largest absolute Gasteiger partial charge is 0.473 e. The standard InChI is InChI=1S/C26H34FN5O3/c1-17(2)35-26-24-22(31-12-8-19(9-13-31)30-14-10-21(34-3)11-15-30)16-23(33)28-25(24)32(29-26)20-6-4-18(27)5-7-20/h4-7,16-17,19,21H,8-15H2,1-3H3,(H,28,33). The first-order valence-electron chi connectivity index (χ1n) is 12.5. The number of H-pyrrole nitrogens is 1. The second kappa shape index (κ2) is 9.99. The highest BCUT2D eigenvalue weighted by Crippen LogP contribution is 2.36. The third-order valence-electron chi connectivity index (χ3n) is 7.17. The van der Waals surface area contributed by atoms with Gasteiger partial charge in [0.25, 0.3) is 5.56 Å². The Morgan fingerprint density at radius 2 is 1.74 bits per heavy atom.